The third-order valence-corrected chi connectivity index (χ3v) is 4.09. The number of carbonyl (C=O) groups is 1. The van der Waals surface area contributed by atoms with Crippen LogP contribution in [0.4, 0.5) is 11.8 Å². The quantitative estimate of drug-likeness (QED) is 0.587. The lowest BCUT2D eigenvalue weighted by Gasteiger charge is -2.24. The molecule has 1 aromatic rings. The number of hydrogen-bond donors (Lipinski definition) is 2. The zero-order chi connectivity index (χ0) is 17.4. The van der Waals surface area contributed by atoms with Crippen molar-refractivity contribution >= 4 is 23.8 Å². The monoisotopic (exact) mass is 332 g/mol. The topological polar surface area (TPSA) is 76.1 Å². The van der Waals surface area contributed by atoms with Crippen molar-refractivity contribution in [2.24, 2.45) is 0 Å². The zero-order valence-electron chi connectivity index (χ0n) is 14.9. The molecule has 0 aromatic carbocycles. The van der Waals surface area contributed by atoms with Crippen LogP contribution in [0, 0.1) is 6.92 Å². The summed E-state index contributed by atoms with van der Waals surface area (Å²) in [5.41, 5.74) is 1.68. The minimum Gasteiger partial charge on any atom is -0.463 e. The Morgan fingerprint density at radius 3 is 2.67 bits per heavy atom. The van der Waals surface area contributed by atoms with E-state index in [1.54, 1.807) is 13.0 Å². The third-order valence-electron chi connectivity index (χ3n) is 4.09. The summed E-state index contributed by atoms with van der Waals surface area (Å²) in [5.74, 6) is 1.05. The first-order valence-electron chi connectivity index (χ1n) is 8.87. The van der Waals surface area contributed by atoms with Gasteiger partial charge in [0.15, 0.2) is 0 Å². The number of rotatable bonds is 7. The van der Waals surface area contributed by atoms with E-state index in [1.165, 1.54) is 25.3 Å². The third kappa shape index (κ3) is 5.22. The summed E-state index contributed by atoms with van der Waals surface area (Å²) in [6.07, 6.45) is 9.29. The fourth-order valence-electron chi connectivity index (χ4n) is 2.91. The summed E-state index contributed by atoms with van der Waals surface area (Å²) in [6.45, 7) is 6.87. The summed E-state index contributed by atoms with van der Waals surface area (Å²) >= 11 is 0. The molecule has 132 valence electrons. The highest BCUT2D eigenvalue weighted by atomic mass is 16.5. The molecule has 1 aliphatic rings. The Bertz CT molecular complexity index is 581. The Balaban J connectivity index is 2.26. The SMILES string of the molecule is CCNc1nc(C)c(/C=C\C(=O)OCC)c(NC2CCCCC2)n1. The molecule has 0 atom stereocenters. The van der Waals surface area contributed by atoms with Crippen LogP contribution < -0.4 is 10.6 Å². The molecule has 2 rings (SSSR count). The number of ether oxygens (including phenoxy) is 1. The normalized spacial score (nSPS) is 15.5. The second kappa shape index (κ2) is 9.25. The molecule has 0 radical (unpaired) electrons. The van der Waals surface area contributed by atoms with Gasteiger partial charge in [0.05, 0.1) is 12.3 Å². The molecule has 1 fully saturated rings. The molecule has 0 aliphatic heterocycles. The number of nitrogens with one attached hydrogen (secondary N) is 2. The van der Waals surface area contributed by atoms with Gasteiger partial charge in [0, 0.05) is 24.2 Å². The first kappa shape index (κ1) is 18.2. The highest BCUT2D eigenvalue weighted by Gasteiger charge is 2.17. The van der Waals surface area contributed by atoms with Gasteiger partial charge in [0.1, 0.15) is 5.82 Å². The average Bonchev–Trinajstić information content (AvgIpc) is 2.55. The highest BCUT2D eigenvalue weighted by molar-refractivity contribution is 5.88. The minimum absolute atomic E-state index is 0.351. The number of anilines is 2. The van der Waals surface area contributed by atoms with Gasteiger partial charge in [0.25, 0.3) is 0 Å². The van der Waals surface area contributed by atoms with E-state index in [4.69, 9.17) is 4.74 Å². The lowest BCUT2D eigenvalue weighted by molar-refractivity contribution is -0.137. The van der Waals surface area contributed by atoms with E-state index >= 15 is 0 Å². The molecule has 2 N–H and O–H groups in total. The molecule has 6 nitrogen and oxygen atoms in total. The smallest absolute Gasteiger partial charge is 0.330 e. The van der Waals surface area contributed by atoms with Crippen LogP contribution in [-0.2, 0) is 9.53 Å². The molecule has 1 aliphatic carbocycles. The number of hydrogen-bond acceptors (Lipinski definition) is 6. The molecule has 1 saturated carbocycles. The standard InChI is InChI=1S/C18H28N4O2/c1-4-19-18-20-13(3)15(11-12-16(23)24-5-2)17(22-18)21-14-9-7-6-8-10-14/h11-12,14H,4-10H2,1-3H3,(H2,19,20,21,22)/b12-11-. The lowest BCUT2D eigenvalue weighted by atomic mass is 9.95. The maximum Gasteiger partial charge on any atom is 0.330 e. The van der Waals surface area contributed by atoms with Crippen molar-refractivity contribution in [3.63, 3.8) is 0 Å². The van der Waals surface area contributed by atoms with E-state index in [1.807, 2.05) is 13.8 Å². The zero-order valence-corrected chi connectivity index (χ0v) is 14.9. The molecule has 0 unspecified atom stereocenters. The van der Waals surface area contributed by atoms with Crippen LogP contribution in [0.3, 0.4) is 0 Å². The van der Waals surface area contributed by atoms with Crippen LogP contribution in [0.1, 0.15) is 57.2 Å². The molecule has 0 bridgehead atoms. The highest BCUT2D eigenvalue weighted by Crippen LogP contribution is 2.25. The second-order valence-corrected chi connectivity index (χ2v) is 5.99. The molecule has 6 heteroatoms. The van der Waals surface area contributed by atoms with Gasteiger partial charge in [-0.05, 0) is 39.7 Å². The van der Waals surface area contributed by atoms with Crippen LogP contribution in [-0.4, -0.2) is 35.1 Å². The summed E-state index contributed by atoms with van der Waals surface area (Å²) in [4.78, 5) is 20.7. The van der Waals surface area contributed by atoms with E-state index in [-0.39, 0.29) is 5.97 Å². The maximum atomic E-state index is 11.6. The van der Waals surface area contributed by atoms with Gasteiger partial charge in [0.2, 0.25) is 5.95 Å². The fourth-order valence-corrected chi connectivity index (χ4v) is 2.91. The summed E-state index contributed by atoms with van der Waals surface area (Å²) in [5, 5.41) is 6.71. The summed E-state index contributed by atoms with van der Waals surface area (Å²) in [7, 11) is 0. The molecule has 0 saturated heterocycles. The first-order chi connectivity index (χ1) is 11.6. The summed E-state index contributed by atoms with van der Waals surface area (Å²) < 4.78 is 4.96. The molecule has 1 aromatic heterocycles. The number of esters is 1. The number of nitrogens with zero attached hydrogens (tertiary/aromatic N) is 2. The number of aromatic nitrogens is 2. The van der Waals surface area contributed by atoms with Crippen molar-refractivity contribution in [1.82, 2.24) is 9.97 Å². The van der Waals surface area contributed by atoms with Crippen molar-refractivity contribution in [3.8, 4) is 0 Å². The Morgan fingerprint density at radius 1 is 1.25 bits per heavy atom. The van der Waals surface area contributed by atoms with Crippen molar-refractivity contribution in [1.29, 1.82) is 0 Å². The molecular weight excluding hydrogens is 304 g/mol. The predicted octanol–water partition coefficient (Wildman–Crippen LogP) is 3.54. The molecule has 0 amide bonds. The average molecular weight is 332 g/mol. The van der Waals surface area contributed by atoms with Gasteiger partial charge in [-0.2, -0.15) is 4.98 Å². The van der Waals surface area contributed by atoms with E-state index < -0.39 is 0 Å². The van der Waals surface area contributed by atoms with Gasteiger partial charge < -0.3 is 15.4 Å². The van der Waals surface area contributed by atoms with Gasteiger partial charge in [-0.1, -0.05) is 19.3 Å². The Hall–Kier alpha value is -2.11. The van der Waals surface area contributed by atoms with Gasteiger partial charge >= 0.3 is 5.97 Å². The lowest BCUT2D eigenvalue weighted by Crippen LogP contribution is -2.24. The molecule has 0 spiro atoms. The van der Waals surface area contributed by atoms with Crippen molar-refractivity contribution in [3.05, 3.63) is 17.3 Å². The van der Waals surface area contributed by atoms with E-state index in [9.17, 15) is 4.79 Å². The Morgan fingerprint density at radius 2 is 2.00 bits per heavy atom. The van der Waals surface area contributed by atoms with Crippen molar-refractivity contribution in [2.45, 2.75) is 58.9 Å². The van der Waals surface area contributed by atoms with E-state index in [2.05, 4.69) is 20.6 Å². The molecule has 1 heterocycles. The largest absolute Gasteiger partial charge is 0.463 e. The Kier molecular flexibility index (Phi) is 7.03. The van der Waals surface area contributed by atoms with E-state index in [0.29, 0.717) is 18.6 Å². The van der Waals surface area contributed by atoms with Gasteiger partial charge in [-0.15, -0.1) is 0 Å². The van der Waals surface area contributed by atoms with Gasteiger partial charge in [-0.3, -0.25) is 0 Å². The van der Waals surface area contributed by atoms with Crippen LogP contribution in [0.2, 0.25) is 0 Å². The van der Waals surface area contributed by atoms with Crippen LogP contribution in [0.5, 0.6) is 0 Å². The summed E-state index contributed by atoms with van der Waals surface area (Å²) in [6, 6.07) is 0.428. The number of carbonyl (C=O) groups excluding carboxylic acids is 1. The van der Waals surface area contributed by atoms with E-state index in [0.717, 1.165) is 36.5 Å². The Labute approximate surface area is 144 Å². The predicted molar refractivity (Wildman–Crippen MR) is 97.1 cm³/mol. The van der Waals surface area contributed by atoms with Crippen molar-refractivity contribution in [2.75, 3.05) is 23.8 Å². The van der Waals surface area contributed by atoms with Crippen LogP contribution in [0.25, 0.3) is 6.08 Å². The molecule has 24 heavy (non-hydrogen) atoms. The molecular formula is C18H28N4O2. The first-order valence-corrected chi connectivity index (χ1v) is 8.87. The van der Waals surface area contributed by atoms with Crippen LogP contribution >= 0.6 is 0 Å². The van der Waals surface area contributed by atoms with Gasteiger partial charge in [-0.25, -0.2) is 9.78 Å². The minimum atomic E-state index is -0.351. The van der Waals surface area contributed by atoms with Crippen molar-refractivity contribution < 1.29 is 9.53 Å². The second-order valence-electron chi connectivity index (χ2n) is 5.99. The van der Waals surface area contributed by atoms with Crippen LogP contribution in [0.15, 0.2) is 6.08 Å². The number of aryl methyl sites for hydroxylation is 1. The fraction of sp³-hybridized carbons (Fsp3) is 0.611. The maximum absolute atomic E-state index is 11.6.